The third-order valence-electron chi connectivity index (χ3n) is 2.38. The maximum absolute atomic E-state index is 5.81. The first-order chi connectivity index (χ1) is 7.36. The highest BCUT2D eigenvalue weighted by Gasteiger charge is 2.06. The van der Waals surface area contributed by atoms with Crippen molar-refractivity contribution in [3.05, 3.63) is 59.5 Å². The van der Waals surface area contributed by atoms with Crippen molar-refractivity contribution in [2.24, 2.45) is 5.73 Å². The topological polar surface area (TPSA) is 35.2 Å². The van der Waals surface area contributed by atoms with Crippen molar-refractivity contribution in [1.29, 1.82) is 0 Å². The van der Waals surface area contributed by atoms with E-state index in [1.165, 1.54) is 0 Å². The lowest BCUT2D eigenvalue weighted by Crippen LogP contribution is -2.07. The summed E-state index contributed by atoms with van der Waals surface area (Å²) < 4.78 is 5.65. The number of hydrogen-bond donors (Lipinski definition) is 1. The fraction of sp³-hybridized carbons (Fsp3) is 0.231. The van der Waals surface area contributed by atoms with E-state index in [4.69, 9.17) is 10.5 Å². The Morgan fingerprint density at radius 3 is 2.53 bits per heavy atom. The molecule has 2 nitrogen and oxygen atoms in total. The summed E-state index contributed by atoms with van der Waals surface area (Å²) in [5, 5.41) is 0. The minimum absolute atomic E-state index is 0.585. The zero-order valence-electron chi connectivity index (χ0n) is 8.65. The minimum Gasteiger partial charge on any atom is -0.487 e. The first-order valence-corrected chi connectivity index (χ1v) is 5.19. The van der Waals surface area contributed by atoms with Gasteiger partial charge in [0.25, 0.3) is 0 Å². The van der Waals surface area contributed by atoms with Gasteiger partial charge < -0.3 is 10.5 Å². The largest absolute Gasteiger partial charge is 0.487 e. The van der Waals surface area contributed by atoms with Crippen LogP contribution in [0, 0.1) is 0 Å². The van der Waals surface area contributed by atoms with E-state index in [0.717, 1.165) is 29.9 Å². The number of benzene rings is 1. The van der Waals surface area contributed by atoms with Crippen LogP contribution in [-0.4, -0.2) is 0 Å². The van der Waals surface area contributed by atoms with Crippen LogP contribution in [-0.2, 0) is 11.3 Å². The van der Waals surface area contributed by atoms with E-state index < -0.39 is 0 Å². The number of nitrogens with two attached hydrogens (primary N) is 1. The van der Waals surface area contributed by atoms with E-state index in [2.05, 4.69) is 6.08 Å². The molecule has 0 saturated carbocycles. The zero-order chi connectivity index (χ0) is 10.5. The highest BCUT2D eigenvalue weighted by Crippen LogP contribution is 2.17. The lowest BCUT2D eigenvalue weighted by molar-refractivity contribution is 0.203. The summed E-state index contributed by atoms with van der Waals surface area (Å²) >= 11 is 0. The highest BCUT2D eigenvalue weighted by atomic mass is 16.5. The third kappa shape index (κ3) is 2.62. The van der Waals surface area contributed by atoms with Crippen LogP contribution in [0.3, 0.4) is 0 Å². The van der Waals surface area contributed by atoms with Gasteiger partial charge in [0.05, 0.1) is 5.70 Å². The standard InChI is InChI=1S/C13H15NO/c14-12-8-4-5-9-13(12)15-10-11-6-2-1-3-7-11/h1-3,6-9H,4-5,10,14H2. The molecular weight excluding hydrogens is 186 g/mol. The van der Waals surface area contributed by atoms with Crippen LogP contribution in [0.5, 0.6) is 0 Å². The minimum atomic E-state index is 0.585. The van der Waals surface area contributed by atoms with Gasteiger partial charge in [0.15, 0.2) is 0 Å². The molecule has 15 heavy (non-hydrogen) atoms. The monoisotopic (exact) mass is 201 g/mol. The normalized spacial score (nSPS) is 15.5. The van der Waals surface area contributed by atoms with Gasteiger partial charge in [-0.3, -0.25) is 0 Å². The summed E-state index contributed by atoms with van der Waals surface area (Å²) in [6.45, 7) is 0.585. The Morgan fingerprint density at radius 2 is 1.80 bits per heavy atom. The van der Waals surface area contributed by atoms with Crippen LogP contribution in [0.25, 0.3) is 0 Å². The van der Waals surface area contributed by atoms with Gasteiger partial charge in [-0.1, -0.05) is 36.4 Å². The van der Waals surface area contributed by atoms with E-state index in [-0.39, 0.29) is 0 Å². The Morgan fingerprint density at radius 1 is 1.07 bits per heavy atom. The number of hydrogen-bond acceptors (Lipinski definition) is 2. The lowest BCUT2D eigenvalue weighted by atomic mass is 10.1. The number of rotatable bonds is 3. The van der Waals surface area contributed by atoms with Gasteiger partial charge >= 0.3 is 0 Å². The van der Waals surface area contributed by atoms with Gasteiger partial charge in [0.2, 0.25) is 0 Å². The molecule has 0 atom stereocenters. The maximum Gasteiger partial charge on any atom is 0.138 e. The van der Waals surface area contributed by atoms with Gasteiger partial charge in [-0.2, -0.15) is 0 Å². The average molecular weight is 201 g/mol. The molecule has 1 aliphatic rings. The van der Waals surface area contributed by atoms with Crippen molar-refractivity contribution in [3.63, 3.8) is 0 Å². The van der Waals surface area contributed by atoms with Gasteiger partial charge in [-0.05, 0) is 24.5 Å². The average Bonchev–Trinajstić information content (AvgIpc) is 2.29. The Labute approximate surface area is 90.1 Å². The van der Waals surface area contributed by atoms with E-state index >= 15 is 0 Å². The summed E-state index contributed by atoms with van der Waals surface area (Å²) in [5.74, 6) is 0.824. The Kier molecular flexibility index (Phi) is 3.08. The first-order valence-electron chi connectivity index (χ1n) is 5.19. The second-order valence-electron chi connectivity index (χ2n) is 3.58. The van der Waals surface area contributed by atoms with Crippen molar-refractivity contribution in [2.45, 2.75) is 19.4 Å². The van der Waals surface area contributed by atoms with Crippen molar-refractivity contribution < 1.29 is 4.74 Å². The van der Waals surface area contributed by atoms with Gasteiger partial charge in [0.1, 0.15) is 12.4 Å². The zero-order valence-corrected chi connectivity index (χ0v) is 8.65. The van der Waals surface area contributed by atoms with Crippen LogP contribution < -0.4 is 5.73 Å². The van der Waals surface area contributed by atoms with Crippen LogP contribution in [0.15, 0.2) is 53.9 Å². The SMILES string of the molecule is NC1=CCCC=C1OCc1ccccc1. The molecule has 0 radical (unpaired) electrons. The predicted molar refractivity (Wildman–Crippen MR) is 60.8 cm³/mol. The van der Waals surface area contributed by atoms with Crippen LogP contribution in [0.1, 0.15) is 18.4 Å². The molecule has 0 aromatic heterocycles. The molecule has 2 N–H and O–H groups in total. The van der Waals surface area contributed by atoms with Crippen molar-refractivity contribution >= 4 is 0 Å². The van der Waals surface area contributed by atoms with E-state index in [1.54, 1.807) is 0 Å². The Balaban J connectivity index is 1.94. The second kappa shape index (κ2) is 4.69. The molecule has 0 bridgehead atoms. The molecule has 0 spiro atoms. The quantitative estimate of drug-likeness (QED) is 0.816. The molecule has 78 valence electrons. The predicted octanol–water partition coefficient (Wildman–Crippen LogP) is 2.72. The lowest BCUT2D eigenvalue weighted by Gasteiger charge is -2.13. The third-order valence-corrected chi connectivity index (χ3v) is 2.38. The summed E-state index contributed by atoms with van der Waals surface area (Å²) in [6, 6.07) is 10.1. The van der Waals surface area contributed by atoms with Crippen molar-refractivity contribution in [3.8, 4) is 0 Å². The summed E-state index contributed by atoms with van der Waals surface area (Å²) in [4.78, 5) is 0. The Bertz CT molecular complexity index is 379. The van der Waals surface area contributed by atoms with Gasteiger partial charge in [-0.15, -0.1) is 0 Å². The molecule has 1 aliphatic carbocycles. The molecule has 0 fully saturated rings. The molecular formula is C13H15NO. The van der Waals surface area contributed by atoms with Gasteiger partial charge in [-0.25, -0.2) is 0 Å². The van der Waals surface area contributed by atoms with Crippen LogP contribution in [0.4, 0.5) is 0 Å². The molecule has 0 aliphatic heterocycles. The molecule has 1 aromatic rings. The molecule has 0 saturated heterocycles. The van der Waals surface area contributed by atoms with Gasteiger partial charge in [0, 0.05) is 0 Å². The van der Waals surface area contributed by atoms with E-state index in [9.17, 15) is 0 Å². The number of allylic oxidation sites excluding steroid dienone is 2. The Hall–Kier alpha value is -1.70. The molecule has 2 rings (SSSR count). The van der Waals surface area contributed by atoms with Crippen LogP contribution >= 0.6 is 0 Å². The molecule has 0 amide bonds. The molecule has 0 unspecified atom stereocenters. The van der Waals surface area contributed by atoms with Crippen molar-refractivity contribution in [1.82, 2.24) is 0 Å². The molecule has 2 heteroatoms. The second-order valence-corrected chi connectivity index (χ2v) is 3.58. The van der Waals surface area contributed by atoms with Crippen molar-refractivity contribution in [2.75, 3.05) is 0 Å². The summed E-state index contributed by atoms with van der Waals surface area (Å²) in [7, 11) is 0. The highest BCUT2D eigenvalue weighted by molar-refractivity contribution is 5.26. The van der Waals surface area contributed by atoms with E-state index in [0.29, 0.717) is 6.61 Å². The fourth-order valence-electron chi connectivity index (χ4n) is 1.55. The number of ether oxygens (including phenoxy) is 1. The summed E-state index contributed by atoms with van der Waals surface area (Å²) in [5.41, 5.74) is 7.74. The maximum atomic E-state index is 5.81. The van der Waals surface area contributed by atoms with E-state index in [1.807, 2.05) is 36.4 Å². The first kappa shape index (κ1) is 9.84. The van der Waals surface area contributed by atoms with Crippen LogP contribution in [0.2, 0.25) is 0 Å². The fourth-order valence-corrected chi connectivity index (χ4v) is 1.55. The molecule has 1 aromatic carbocycles. The summed E-state index contributed by atoms with van der Waals surface area (Å²) in [6.07, 6.45) is 6.10. The molecule has 0 heterocycles. The smallest absolute Gasteiger partial charge is 0.138 e.